The highest BCUT2D eigenvalue weighted by molar-refractivity contribution is 5.80. The number of aliphatic hydroxyl groups excluding tert-OH is 1. The number of ether oxygens (including phenoxy) is 1. The Morgan fingerprint density at radius 2 is 1.84 bits per heavy atom. The zero-order valence-electron chi connectivity index (χ0n) is 18.4. The van der Waals surface area contributed by atoms with Crippen molar-refractivity contribution in [3.05, 3.63) is 65.5 Å². The van der Waals surface area contributed by atoms with Gasteiger partial charge in [-0.25, -0.2) is 4.39 Å². The zero-order valence-corrected chi connectivity index (χ0v) is 18.4. The van der Waals surface area contributed by atoms with Gasteiger partial charge in [0.1, 0.15) is 11.6 Å². The standard InChI is InChI=1S/C24H33FN4O2/c1-3-26-24(27-16-23(30)19-6-10-22(31-2)11-7-19)28-21-12-14-29(15-13-21)17-18-4-8-20(25)9-5-18/h4-11,21,23,30H,3,12-17H2,1-2H3,(H2,26,27,28). The molecule has 3 rings (SSSR count). The summed E-state index contributed by atoms with van der Waals surface area (Å²) in [5.74, 6) is 1.30. The minimum atomic E-state index is -0.668. The number of likely N-dealkylation sites (tertiary alicyclic amines) is 1. The Kier molecular flexibility index (Phi) is 8.67. The minimum Gasteiger partial charge on any atom is -0.497 e. The monoisotopic (exact) mass is 428 g/mol. The molecule has 1 fully saturated rings. The molecule has 1 aliphatic heterocycles. The van der Waals surface area contributed by atoms with Crippen molar-refractivity contribution in [3.8, 4) is 5.75 Å². The van der Waals surface area contributed by atoms with Gasteiger partial charge in [-0.3, -0.25) is 9.89 Å². The number of nitrogens with zero attached hydrogens (tertiary/aromatic N) is 2. The molecule has 1 aliphatic rings. The maximum Gasteiger partial charge on any atom is 0.191 e. The van der Waals surface area contributed by atoms with Crippen molar-refractivity contribution in [2.75, 3.05) is 33.3 Å². The number of halogens is 1. The van der Waals surface area contributed by atoms with E-state index < -0.39 is 6.10 Å². The quantitative estimate of drug-likeness (QED) is 0.445. The third-order valence-corrected chi connectivity index (χ3v) is 5.51. The Bertz CT molecular complexity index is 818. The number of aliphatic hydroxyl groups is 1. The van der Waals surface area contributed by atoms with Crippen LogP contribution in [0.15, 0.2) is 53.5 Å². The SMILES string of the molecule is CCNC(=NCC(O)c1ccc(OC)cc1)NC1CCN(Cc2ccc(F)cc2)CC1. The lowest BCUT2D eigenvalue weighted by Gasteiger charge is -2.33. The molecule has 3 N–H and O–H groups in total. The lowest BCUT2D eigenvalue weighted by atomic mass is 10.0. The summed E-state index contributed by atoms with van der Waals surface area (Å²) in [4.78, 5) is 6.98. The molecule has 0 bridgehead atoms. The molecule has 0 saturated carbocycles. The number of nitrogens with one attached hydrogen (secondary N) is 2. The van der Waals surface area contributed by atoms with Crippen molar-refractivity contribution in [3.63, 3.8) is 0 Å². The Hall–Kier alpha value is -2.64. The number of benzene rings is 2. The van der Waals surface area contributed by atoms with E-state index in [1.165, 1.54) is 12.1 Å². The van der Waals surface area contributed by atoms with Crippen molar-refractivity contribution < 1.29 is 14.2 Å². The van der Waals surface area contributed by atoms with Gasteiger partial charge in [0.25, 0.3) is 0 Å². The predicted molar refractivity (Wildman–Crippen MR) is 122 cm³/mol. The highest BCUT2D eigenvalue weighted by Gasteiger charge is 2.20. The van der Waals surface area contributed by atoms with Crippen LogP contribution in [0.2, 0.25) is 0 Å². The first-order valence-electron chi connectivity index (χ1n) is 10.9. The van der Waals surface area contributed by atoms with Gasteiger partial charge in [0.05, 0.1) is 19.8 Å². The highest BCUT2D eigenvalue weighted by Crippen LogP contribution is 2.18. The molecule has 0 amide bonds. The van der Waals surface area contributed by atoms with Gasteiger partial charge in [-0.15, -0.1) is 0 Å². The Morgan fingerprint density at radius 1 is 1.16 bits per heavy atom. The molecular formula is C24H33FN4O2. The van der Waals surface area contributed by atoms with Crippen molar-refractivity contribution in [2.24, 2.45) is 4.99 Å². The Balaban J connectivity index is 1.48. The van der Waals surface area contributed by atoms with Crippen LogP contribution in [0.25, 0.3) is 0 Å². The van der Waals surface area contributed by atoms with Gasteiger partial charge in [0.2, 0.25) is 0 Å². The van der Waals surface area contributed by atoms with E-state index in [0.29, 0.717) is 6.04 Å². The summed E-state index contributed by atoms with van der Waals surface area (Å²) in [6.45, 7) is 5.86. The first-order chi connectivity index (χ1) is 15.1. The molecular weight excluding hydrogens is 395 g/mol. The number of rotatable bonds is 8. The molecule has 31 heavy (non-hydrogen) atoms. The summed E-state index contributed by atoms with van der Waals surface area (Å²) >= 11 is 0. The Labute approximate surface area is 184 Å². The van der Waals surface area contributed by atoms with Crippen LogP contribution in [-0.2, 0) is 6.54 Å². The van der Waals surface area contributed by atoms with Crippen LogP contribution >= 0.6 is 0 Å². The lowest BCUT2D eigenvalue weighted by Crippen LogP contribution is -2.48. The van der Waals surface area contributed by atoms with Gasteiger partial charge in [-0.2, -0.15) is 0 Å². The summed E-state index contributed by atoms with van der Waals surface area (Å²) in [6, 6.07) is 14.5. The number of guanidine groups is 1. The summed E-state index contributed by atoms with van der Waals surface area (Å²) in [5, 5.41) is 17.2. The maximum atomic E-state index is 13.1. The van der Waals surface area contributed by atoms with Crippen molar-refractivity contribution in [1.82, 2.24) is 15.5 Å². The van der Waals surface area contributed by atoms with Crippen LogP contribution in [0.4, 0.5) is 4.39 Å². The van der Waals surface area contributed by atoms with Gasteiger partial charge < -0.3 is 20.5 Å². The molecule has 0 aliphatic carbocycles. The van der Waals surface area contributed by atoms with Crippen molar-refractivity contribution in [1.29, 1.82) is 0 Å². The fraction of sp³-hybridized carbons (Fsp3) is 0.458. The molecule has 0 aromatic heterocycles. The normalized spacial score (nSPS) is 16.7. The first kappa shape index (κ1) is 23.0. The number of piperidine rings is 1. The fourth-order valence-electron chi connectivity index (χ4n) is 3.71. The van der Waals surface area contributed by atoms with Crippen LogP contribution < -0.4 is 15.4 Å². The molecule has 2 aromatic rings. The molecule has 6 nitrogen and oxygen atoms in total. The highest BCUT2D eigenvalue weighted by atomic mass is 19.1. The second-order valence-electron chi connectivity index (χ2n) is 7.83. The molecule has 1 saturated heterocycles. The van der Waals surface area contributed by atoms with Crippen LogP contribution in [0.3, 0.4) is 0 Å². The van der Waals surface area contributed by atoms with Crippen LogP contribution in [0, 0.1) is 5.82 Å². The van der Waals surface area contributed by atoms with Gasteiger partial charge in [-0.05, 0) is 55.2 Å². The minimum absolute atomic E-state index is 0.195. The second kappa shape index (κ2) is 11.7. The van der Waals surface area contributed by atoms with E-state index in [-0.39, 0.29) is 12.4 Å². The average molecular weight is 429 g/mol. The van der Waals surface area contributed by atoms with E-state index in [9.17, 15) is 9.50 Å². The van der Waals surface area contributed by atoms with Gasteiger partial charge in [-0.1, -0.05) is 24.3 Å². The van der Waals surface area contributed by atoms with Gasteiger partial charge in [0, 0.05) is 32.2 Å². The number of aliphatic imine (C=N–C) groups is 1. The third kappa shape index (κ3) is 7.22. The van der Waals surface area contributed by atoms with Crippen molar-refractivity contribution >= 4 is 5.96 Å². The molecule has 7 heteroatoms. The molecule has 1 unspecified atom stereocenters. The number of hydrogen-bond donors (Lipinski definition) is 3. The third-order valence-electron chi connectivity index (χ3n) is 5.51. The maximum absolute atomic E-state index is 13.1. The van der Waals surface area contributed by atoms with Gasteiger partial charge in [0.15, 0.2) is 5.96 Å². The van der Waals surface area contributed by atoms with E-state index >= 15 is 0 Å². The molecule has 1 heterocycles. The van der Waals surface area contributed by atoms with E-state index in [2.05, 4.69) is 20.5 Å². The van der Waals surface area contributed by atoms with Crippen LogP contribution in [0.1, 0.15) is 37.0 Å². The molecule has 2 aromatic carbocycles. The molecule has 168 valence electrons. The van der Waals surface area contributed by atoms with E-state index in [0.717, 1.165) is 61.9 Å². The van der Waals surface area contributed by atoms with E-state index in [1.807, 2.05) is 43.3 Å². The second-order valence-corrected chi connectivity index (χ2v) is 7.83. The smallest absolute Gasteiger partial charge is 0.191 e. The summed E-state index contributed by atoms with van der Waals surface area (Å²) in [7, 11) is 1.62. The fourth-order valence-corrected chi connectivity index (χ4v) is 3.71. The van der Waals surface area contributed by atoms with Crippen molar-refractivity contribution in [2.45, 2.75) is 38.5 Å². The summed E-state index contributed by atoms with van der Waals surface area (Å²) in [5.41, 5.74) is 1.95. The predicted octanol–water partition coefficient (Wildman–Crippen LogP) is 3.09. The van der Waals surface area contributed by atoms with Gasteiger partial charge >= 0.3 is 0 Å². The van der Waals surface area contributed by atoms with Crippen LogP contribution in [0.5, 0.6) is 5.75 Å². The molecule has 0 radical (unpaired) electrons. The Morgan fingerprint density at radius 3 is 2.45 bits per heavy atom. The first-order valence-corrected chi connectivity index (χ1v) is 10.9. The topological polar surface area (TPSA) is 69.1 Å². The van der Waals surface area contributed by atoms with Crippen LogP contribution in [-0.4, -0.2) is 55.3 Å². The number of hydrogen-bond acceptors (Lipinski definition) is 4. The average Bonchev–Trinajstić information content (AvgIpc) is 2.80. The van der Waals surface area contributed by atoms with E-state index in [1.54, 1.807) is 7.11 Å². The zero-order chi connectivity index (χ0) is 22.1. The lowest BCUT2D eigenvalue weighted by molar-refractivity contribution is 0.186. The summed E-state index contributed by atoms with van der Waals surface area (Å²) < 4.78 is 18.2. The largest absolute Gasteiger partial charge is 0.497 e. The molecule has 0 spiro atoms. The molecule has 1 atom stereocenters. The summed E-state index contributed by atoms with van der Waals surface area (Å²) in [6.07, 6.45) is 1.35. The number of methoxy groups -OCH3 is 1. The van der Waals surface area contributed by atoms with E-state index in [4.69, 9.17) is 4.74 Å².